The third kappa shape index (κ3) is 2.65. The standard InChI is InChI=1S/C13H16N2O2/c1-9(15-13(16)6-7-14)12-8-10-4-2-3-5-11(10)17-12/h2-5,8-9H,6-7,14H2,1H3,(H,15,16). The number of para-hydroxylation sites is 1. The van der Waals surface area contributed by atoms with Crippen LogP contribution in [-0.2, 0) is 4.79 Å². The van der Waals surface area contributed by atoms with E-state index in [0.29, 0.717) is 13.0 Å². The first kappa shape index (κ1) is 11.7. The average molecular weight is 232 g/mol. The van der Waals surface area contributed by atoms with Crippen molar-refractivity contribution >= 4 is 16.9 Å². The molecule has 17 heavy (non-hydrogen) atoms. The highest BCUT2D eigenvalue weighted by Gasteiger charge is 2.13. The Morgan fingerprint density at radius 3 is 2.94 bits per heavy atom. The maximum atomic E-state index is 11.4. The van der Waals surface area contributed by atoms with Crippen LogP contribution in [0.25, 0.3) is 11.0 Å². The van der Waals surface area contributed by atoms with Gasteiger partial charge in [-0.3, -0.25) is 4.79 Å². The summed E-state index contributed by atoms with van der Waals surface area (Å²) in [7, 11) is 0. The van der Waals surface area contributed by atoms with E-state index in [0.717, 1.165) is 16.7 Å². The number of nitrogens with one attached hydrogen (secondary N) is 1. The fourth-order valence-corrected chi connectivity index (χ4v) is 1.73. The fourth-order valence-electron chi connectivity index (χ4n) is 1.73. The predicted molar refractivity (Wildman–Crippen MR) is 66.4 cm³/mol. The van der Waals surface area contributed by atoms with Crippen LogP contribution < -0.4 is 11.1 Å². The Kier molecular flexibility index (Phi) is 3.44. The lowest BCUT2D eigenvalue weighted by Crippen LogP contribution is -2.28. The number of hydrogen-bond acceptors (Lipinski definition) is 3. The molecule has 0 bridgehead atoms. The van der Waals surface area contributed by atoms with E-state index in [2.05, 4.69) is 5.32 Å². The van der Waals surface area contributed by atoms with Crippen LogP contribution in [0.15, 0.2) is 34.7 Å². The molecule has 1 amide bonds. The maximum absolute atomic E-state index is 11.4. The topological polar surface area (TPSA) is 68.3 Å². The Bertz CT molecular complexity index is 486. The summed E-state index contributed by atoms with van der Waals surface area (Å²) in [5, 5.41) is 3.89. The van der Waals surface area contributed by atoms with Crippen molar-refractivity contribution in [1.82, 2.24) is 5.32 Å². The number of amides is 1. The number of rotatable bonds is 4. The molecule has 0 radical (unpaired) electrons. The molecular weight excluding hydrogens is 216 g/mol. The molecule has 2 rings (SSSR count). The molecule has 0 aliphatic rings. The summed E-state index contributed by atoms with van der Waals surface area (Å²) >= 11 is 0. The molecule has 2 aromatic rings. The lowest BCUT2D eigenvalue weighted by Gasteiger charge is -2.10. The molecule has 4 nitrogen and oxygen atoms in total. The first-order valence-corrected chi connectivity index (χ1v) is 5.68. The fraction of sp³-hybridized carbons (Fsp3) is 0.308. The number of nitrogens with two attached hydrogens (primary N) is 1. The van der Waals surface area contributed by atoms with Crippen LogP contribution >= 0.6 is 0 Å². The first-order chi connectivity index (χ1) is 8.20. The number of carbonyl (C=O) groups is 1. The van der Waals surface area contributed by atoms with Crippen LogP contribution in [0.1, 0.15) is 25.1 Å². The molecule has 1 heterocycles. The molecule has 1 aromatic carbocycles. The first-order valence-electron chi connectivity index (χ1n) is 5.68. The van der Waals surface area contributed by atoms with Gasteiger partial charge in [-0.2, -0.15) is 0 Å². The van der Waals surface area contributed by atoms with Gasteiger partial charge in [0.2, 0.25) is 5.91 Å². The van der Waals surface area contributed by atoms with E-state index < -0.39 is 0 Å². The number of carbonyl (C=O) groups excluding carboxylic acids is 1. The lowest BCUT2D eigenvalue weighted by molar-refractivity contribution is -0.121. The second-order valence-electron chi connectivity index (χ2n) is 4.01. The van der Waals surface area contributed by atoms with E-state index in [1.54, 1.807) is 0 Å². The van der Waals surface area contributed by atoms with Crippen molar-refractivity contribution in [3.8, 4) is 0 Å². The molecule has 0 spiro atoms. The molecule has 0 fully saturated rings. The van der Waals surface area contributed by atoms with Crippen molar-refractivity contribution in [1.29, 1.82) is 0 Å². The minimum Gasteiger partial charge on any atom is -0.459 e. The summed E-state index contributed by atoms with van der Waals surface area (Å²) in [6.07, 6.45) is 0.338. The Morgan fingerprint density at radius 2 is 2.24 bits per heavy atom. The highest BCUT2D eigenvalue weighted by atomic mass is 16.3. The van der Waals surface area contributed by atoms with Gasteiger partial charge in [0.25, 0.3) is 0 Å². The van der Waals surface area contributed by atoms with E-state index in [1.165, 1.54) is 0 Å². The van der Waals surface area contributed by atoms with Gasteiger partial charge >= 0.3 is 0 Å². The van der Waals surface area contributed by atoms with Crippen LogP contribution in [0.4, 0.5) is 0 Å². The van der Waals surface area contributed by atoms with Gasteiger partial charge in [-0.1, -0.05) is 18.2 Å². The molecule has 0 aliphatic carbocycles. The molecule has 90 valence electrons. The molecule has 4 heteroatoms. The summed E-state index contributed by atoms with van der Waals surface area (Å²) in [6, 6.07) is 9.58. The molecular formula is C13H16N2O2. The summed E-state index contributed by atoms with van der Waals surface area (Å²) in [5.41, 5.74) is 6.16. The van der Waals surface area contributed by atoms with E-state index >= 15 is 0 Å². The van der Waals surface area contributed by atoms with Crippen molar-refractivity contribution in [2.75, 3.05) is 6.54 Å². The Balaban J connectivity index is 2.13. The highest BCUT2D eigenvalue weighted by Crippen LogP contribution is 2.23. The second kappa shape index (κ2) is 5.01. The SMILES string of the molecule is CC(NC(=O)CCN)c1cc2ccccc2o1. The monoisotopic (exact) mass is 232 g/mol. The molecule has 1 unspecified atom stereocenters. The smallest absolute Gasteiger partial charge is 0.221 e. The quantitative estimate of drug-likeness (QED) is 0.846. The van der Waals surface area contributed by atoms with E-state index in [9.17, 15) is 4.79 Å². The summed E-state index contributed by atoms with van der Waals surface area (Å²) in [4.78, 5) is 11.4. The van der Waals surface area contributed by atoms with E-state index in [4.69, 9.17) is 10.2 Å². The Labute approximate surface area is 99.8 Å². The van der Waals surface area contributed by atoms with Gasteiger partial charge < -0.3 is 15.5 Å². The normalized spacial score (nSPS) is 12.6. The van der Waals surface area contributed by atoms with Crippen molar-refractivity contribution in [2.24, 2.45) is 5.73 Å². The van der Waals surface area contributed by atoms with Gasteiger partial charge in [-0.25, -0.2) is 0 Å². The van der Waals surface area contributed by atoms with Crippen molar-refractivity contribution in [3.05, 3.63) is 36.1 Å². The van der Waals surface area contributed by atoms with E-state index in [-0.39, 0.29) is 11.9 Å². The molecule has 1 aromatic heterocycles. The maximum Gasteiger partial charge on any atom is 0.221 e. The van der Waals surface area contributed by atoms with Gasteiger partial charge in [-0.15, -0.1) is 0 Å². The van der Waals surface area contributed by atoms with Gasteiger partial charge in [-0.05, 0) is 19.1 Å². The van der Waals surface area contributed by atoms with Crippen LogP contribution in [0.3, 0.4) is 0 Å². The molecule has 0 saturated heterocycles. The average Bonchev–Trinajstić information content (AvgIpc) is 2.72. The van der Waals surface area contributed by atoms with Crippen molar-refractivity contribution < 1.29 is 9.21 Å². The molecule has 0 aliphatic heterocycles. The summed E-state index contributed by atoms with van der Waals surface area (Å²) < 4.78 is 5.66. The van der Waals surface area contributed by atoms with Crippen LogP contribution in [0.2, 0.25) is 0 Å². The zero-order chi connectivity index (χ0) is 12.3. The number of fused-ring (bicyclic) bond motifs is 1. The molecule has 3 N–H and O–H groups in total. The van der Waals surface area contributed by atoms with E-state index in [1.807, 2.05) is 37.3 Å². The Hall–Kier alpha value is -1.81. The Morgan fingerprint density at radius 1 is 1.47 bits per heavy atom. The molecule has 1 atom stereocenters. The van der Waals surface area contributed by atoms with Gasteiger partial charge in [0, 0.05) is 18.4 Å². The van der Waals surface area contributed by atoms with Gasteiger partial charge in [0.1, 0.15) is 11.3 Å². The zero-order valence-corrected chi connectivity index (χ0v) is 9.77. The van der Waals surface area contributed by atoms with Crippen LogP contribution in [0, 0.1) is 0 Å². The van der Waals surface area contributed by atoms with Gasteiger partial charge in [0.05, 0.1) is 6.04 Å². The van der Waals surface area contributed by atoms with Crippen molar-refractivity contribution in [2.45, 2.75) is 19.4 Å². The second-order valence-corrected chi connectivity index (χ2v) is 4.01. The summed E-state index contributed by atoms with van der Waals surface area (Å²) in [5.74, 6) is 0.706. The number of benzene rings is 1. The van der Waals surface area contributed by atoms with Gasteiger partial charge in [0.15, 0.2) is 0 Å². The number of furan rings is 1. The largest absolute Gasteiger partial charge is 0.459 e. The third-order valence-corrected chi connectivity index (χ3v) is 2.62. The predicted octanol–water partition coefficient (Wildman–Crippen LogP) is 1.96. The zero-order valence-electron chi connectivity index (χ0n) is 9.77. The van der Waals surface area contributed by atoms with Crippen LogP contribution in [0.5, 0.6) is 0 Å². The minimum atomic E-state index is -0.138. The highest BCUT2D eigenvalue weighted by molar-refractivity contribution is 5.79. The van der Waals surface area contributed by atoms with Crippen molar-refractivity contribution in [3.63, 3.8) is 0 Å². The lowest BCUT2D eigenvalue weighted by atomic mass is 10.2. The summed E-state index contributed by atoms with van der Waals surface area (Å²) in [6.45, 7) is 2.25. The third-order valence-electron chi connectivity index (χ3n) is 2.62. The molecule has 0 saturated carbocycles. The van der Waals surface area contributed by atoms with Crippen LogP contribution in [-0.4, -0.2) is 12.5 Å². The number of hydrogen-bond donors (Lipinski definition) is 2. The minimum absolute atomic E-state index is 0.0551.